The Morgan fingerprint density at radius 1 is 1.38 bits per heavy atom. The van der Waals surface area contributed by atoms with E-state index in [1.807, 2.05) is 6.92 Å². The van der Waals surface area contributed by atoms with Crippen LogP contribution in [0.4, 0.5) is 10.2 Å². The van der Waals surface area contributed by atoms with Crippen LogP contribution in [0.15, 0.2) is 42.7 Å². The molecule has 2 aromatic heterocycles. The van der Waals surface area contributed by atoms with Gasteiger partial charge in [-0.15, -0.1) is 0 Å². The molecule has 1 aromatic carbocycles. The molecule has 0 aliphatic rings. The molecule has 0 aliphatic carbocycles. The van der Waals surface area contributed by atoms with Gasteiger partial charge in [-0.1, -0.05) is 23.7 Å². The van der Waals surface area contributed by atoms with Crippen LogP contribution in [0.3, 0.4) is 0 Å². The van der Waals surface area contributed by atoms with Crippen LogP contribution in [0.25, 0.3) is 0 Å². The highest BCUT2D eigenvalue weighted by molar-refractivity contribution is 6.33. The number of nitrogens with zero attached hydrogens (tertiary/aromatic N) is 4. The van der Waals surface area contributed by atoms with Gasteiger partial charge in [-0.05, 0) is 30.7 Å². The van der Waals surface area contributed by atoms with Crippen LogP contribution >= 0.6 is 11.6 Å². The summed E-state index contributed by atoms with van der Waals surface area (Å²) in [5, 5.41) is 11.3. The van der Waals surface area contributed by atoms with Crippen molar-refractivity contribution in [2.45, 2.75) is 20.0 Å². The van der Waals surface area contributed by atoms with E-state index in [4.69, 9.17) is 11.6 Å². The zero-order chi connectivity index (χ0) is 17.1. The van der Waals surface area contributed by atoms with Crippen molar-refractivity contribution in [3.8, 4) is 0 Å². The van der Waals surface area contributed by atoms with Gasteiger partial charge < -0.3 is 5.32 Å². The summed E-state index contributed by atoms with van der Waals surface area (Å²) in [6.45, 7) is 2.82. The van der Waals surface area contributed by atoms with Crippen LogP contribution < -0.4 is 5.32 Å². The fourth-order valence-electron chi connectivity index (χ4n) is 2.33. The number of rotatable bonds is 5. The zero-order valence-corrected chi connectivity index (χ0v) is 13.7. The van der Waals surface area contributed by atoms with Crippen LogP contribution in [0.2, 0.25) is 5.02 Å². The molecule has 0 spiro atoms. The number of hydrogen-bond donors (Lipinski definition) is 1. The quantitative estimate of drug-likeness (QED) is 0.770. The third kappa shape index (κ3) is 3.46. The Morgan fingerprint density at radius 3 is 2.96 bits per heavy atom. The summed E-state index contributed by atoms with van der Waals surface area (Å²) < 4.78 is 16.4. The number of nitrogens with one attached hydrogen (secondary N) is 1. The predicted octanol–water partition coefficient (Wildman–Crippen LogP) is 3.19. The number of aryl methyl sites for hydroxylation is 1. The van der Waals surface area contributed by atoms with Gasteiger partial charge in [-0.25, -0.2) is 4.39 Å². The fraction of sp³-hybridized carbons (Fsp3) is 0.188. The normalized spacial score (nSPS) is 10.8. The third-order valence-electron chi connectivity index (χ3n) is 3.43. The maximum absolute atomic E-state index is 13.2. The van der Waals surface area contributed by atoms with E-state index in [0.717, 1.165) is 5.56 Å². The Morgan fingerprint density at radius 2 is 2.21 bits per heavy atom. The van der Waals surface area contributed by atoms with Crippen molar-refractivity contribution in [3.05, 3.63) is 64.8 Å². The van der Waals surface area contributed by atoms with Crippen molar-refractivity contribution in [1.82, 2.24) is 19.6 Å². The summed E-state index contributed by atoms with van der Waals surface area (Å²) >= 11 is 6.13. The summed E-state index contributed by atoms with van der Waals surface area (Å²) in [4.78, 5) is 12.3. The number of amides is 1. The number of aromatic nitrogens is 4. The van der Waals surface area contributed by atoms with Gasteiger partial charge in [0.25, 0.3) is 5.91 Å². The molecule has 3 aromatic rings. The van der Waals surface area contributed by atoms with Gasteiger partial charge in [-0.2, -0.15) is 10.2 Å². The molecule has 8 heteroatoms. The largest absolute Gasteiger partial charge is 0.302 e. The summed E-state index contributed by atoms with van der Waals surface area (Å²) in [6, 6.07) is 7.84. The lowest BCUT2D eigenvalue weighted by molar-refractivity contribution is 0.101. The number of halogens is 2. The van der Waals surface area contributed by atoms with Gasteiger partial charge in [0, 0.05) is 18.9 Å². The maximum Gasteiger partial charge on any atom is 0.275 e. The van der Waals surface area contributed by atoms with E-state index >= 15 is 0 Å². The van der Waals surface area contributed by atoms with Crippen molar-refractivity contribution >= 4 is 23.3 Å². The fourth-order valence-corrected chi connectivity index (χ4v) is 2.53. The SMILES string of the molecule is CCn1nccc1C(=O)Nc1nn(Cc2cccc(F)c2)cc1Cl. The second-order valence-corrected chi connectivity index (χ2v) is 5.55. The van der Waals surface area contributed by atoms with E-state index in [-0.39, 0.29) is 17.5 Å². The van der Waals surface area contributed by atoms with Crippen molar-refractivity contribution < 1.29 is 9.18 Å². The predicted molar refractivity (Wildman–Crippen MR) is 88.6 cm³/mol. The van der Waals surface area contributed by atoms with Crippen molar-refractivity contribution in [2.24, 2.45) is 0 Å². The molecule has 124 valence electrons. The molecule has 1 N–H and O–H groups in total. The van der Waals surface area contributed by atoms with Crippen LogP contribution in [0, 0.1) is 5.82 Å². The molecule has 0 atom stereocenters. The van der Waals surface area contributed by atoms with Gasteiger partial charge in [0.15, 0.2) is 5.82 Å². The van der Waals surface area contributed by atoms with Crippen molar-refractivity contribution in [3.63, 3.8) is 0 Å². The molecule has 2 heterocycles. The van der Waals surface area contributed by atoms with Gasteiger partial charge >= 0.3 is 0 Å². The molecule has 0 unspecified atom stereocenters. The topological polar surface area (TPSA) is 64.7 Å². The lowest BCUT2D eigenvalue weighted by Crippen LogP contribution is -2.18. The van der Waals surface area contributed by atoms with Gasteiger partial charge in [0.2, 0.25) is 0 Å². The van der Waals surface area contributed by atoms with Crippen LogP contribution in [-0.4, -0.2) is 25.5 Å². The number of carbonyl (C=O) groups is 1. The standard InChI is InChI=1S/C16H15ClFN5O/c1-2-23-14(6-7-19-23)16(24)20-15-13(17)10-22(21-15)9-11-4-3-5-12(18)8-11/h3-8,10H,2,9H2,1H3,(H,20,21,24). The Balaban J connectivity index is 1.75. The van der Waals surface area contributed by atoms with Gasteiger partial charge in [0.05, 0.1) is 6.54 Å². The Labute approximate surface area is 142 Å². The van der Waals surface area contributed by atoms with E-state index in [1.165, 1.54) is 12.1 Å². The Hall–Kier alpha value is -2.67. The number of hydrogen-bond acceptors (Lipinski definition) is 3. The minimum absolute atomic E-state index is 0.252. The highest BCUT2D eigenvalue weighted by atomic mass is 35.5. The molecule has 0 saturated carbocycles. The molecule has 1 amide bonds. The summed E-state index contributed by atoms with van der Waals surface area (Å²) in [7, 11) is 0. The third-order valence-corrected chi connectivity index (χ3v) is 3.71. The van der Waals surface area contributed by atoms with E-state index in [1.54, 1.807) is 40.0 Å². The molecule has 6 nitrogen and oxygen atoms in total. The highest BCUT2D eigenvalue weighted by Crippen LogP contribution is 2.21. The monoisotopic (exact) mass is 347 g/mol. The van der Waals surface area contributed by atoms with E-state index in [0.29, 0.717) is 23.8 Å². The molecule has 24 heavy (non-hydrogen) atoms. The second kappa shape index (κ2) is 6.84. The van der Waals surface area contributed by atoms with Gasteiger partial charge in [-0.3, -0.25) is 14.2 Å². The molecule has 0 radical (unpaired) electrons. The van der Waals surface area contributed by atoms with Crippen molar-refractivity contribution in [1.29, 1.82) is 0 Å². The molecule has 0 aliphatic heterocycles. The van der Waals surface area contributed by atoms with Crippen LogP contribution in [-0.2, 0) is 13.1 Å². The first-order valence-corrected chi connectivity index (χ1v) is 7.75. The summed E-state index contributed by atoms with van der Waals surface area (Å²) in [5.74, 6) is -0.402. The number of carbonyl (C=O) groups excluding carboxylic acids is 1. The number of anilines is 1. The molecule has 0 fully saturated rings. The first kappa shape index (κ1) is 16.2. The average Bonchev–Trinajstić information content (AvgIpc) is 3.14. The number of benzene rings is 1. The van der Waals surface area contributed by atoms with E-state index in [9.17, 15) is 9.18 Å². The van der Waals surface area contributed by atoms with E-state index in [2.05, 4.69) is 15.5 Å². The first-order chi connectivity index (χ1) is 11.6. The van der Waals surface area contributed by atoms with Gasteiger partial charge in [0.1, 0.15) is 16.5 Å². The molecular weight excluding hydrogens is 333 g/mol. The Kier molecular flexibility index (Phi) is 4.61. The minimum atomic E-state index is -0.341. The van der Waals surface area contributed by atoms with Crippen molar-refractivity contribution in [2.75, 3.05) is 5.32 Å². The second-order valence-electron chi connectivity index (χ2n) is 5.14. The Bertz CT molecular complexity index is 873. The van der Waals surface area contributed by atoms with E-state index < -0.39 is 0 Å². The summed E-state index contributed by atoms with van der Waals surface area (Å²) in [5.41, 5.74) is 1.17. The summed E-state index contributed by atoms with van der Waals surface area (Å²) in [6.07, 6.45) is 3.14. The van der Waals surface area contributed by atoms with Crippen LogP contribution in [0.1, 0.15) is 23.0 Å². The smallest absolute Gasteiger partial charge is 0.275 e. The average molecular weight is 348 g/mol. The highest BCUT2D eigenvalue weighted by Gasteiger charge is 2.15. The lowest BCUT2D eigenvalue weighted by Gasteiger charge is -2.05. The maximum atomic E-state index is 13.2. The van der Waals surface area contributed by atoms with Crippen LogP contribution in [0.5, 0.6) is 0 Å². The molecule has 0 saturated heterocycles. The molecular formula is C16H15ClFN5O. The molecule has 3 rings (SSSR count). The lowest BCUT2D eigenvalue weighted by atomic mass is 10.2. The first-order valence-electron chi connectivity index (χ1n) is 7.37. The molecule has 0 bridgehead atoms. The minimum Gasteiger partial charge on any atom is -0.302 e. The zero-order valence-electron chi connectivity index (χ0n) is 12.9.